The van der Waals surface area contributed by atoms with Gasteiger partial charge in [0.1, 0.15) is 5.82 Å². The Morgan fingerprint density at radius 3 is 2.48 bits per heavy atom. The lowest BCUT2D eigenvalue weighted by molar-refractivity contribution is -0.120. The number of nitrogens with zero attached hydrogens (tertiary/aromatic N) is 1. The summed E-state index contributed by atoms with van der Waals surface area (Å²) in [6.07, 6.45) is 0.00698. The van der Waals surface area contributed by atoms with Gasteiger partial charge in [-0.3, -0.25) is 9.59 Å². The van der Waals surface area contributed by atoms with Crippen LogP contribution in [0.1, 0.15) is 16.1 Å². The molecule has 0 saturated carbocycles. The van der Waals surface area contributed by atoms with Gasteiger partial charge in [0.25, 0.3) is 0 Å². The van der Waals surface area contributed by atoms with Crippen molar-refractivity contribution in [2.24, 2.45) is 0 Å². The minimum atomic E-state index is -0.416. The van der Waals surface area contributed by atoms with E-state index >= 15 is 0 Å². The zero-order chi connectivity index (χ0) is 17.6. The maximum atomic E-state index is 12.8. The maximum absolute atomic E-state index is 12.8. The summed E-state index contributed by atoms with van der Waals surface area (Å²) >= 11 is 0. The van der Waals surface area contributed by atoms with Gasteiger partial charge in [-0.1, -0.05) is 35.5 Å². The monoisotopic (exact) mass is 338 g/mol. The predicted octanol–water partition coefficient (Wildman–Crippen LogP) is 3.02. The molecule has 0 bridgehead atoms. The second-order valence-corrected chi connectivity index (χ2v) is 5.43. The molecule has 0 aliphatic heterocycles. The minimum absolute atomic E-state index is 0.00698. The molecule has 3 rings (SSSR count). The fraction of sp³-hybridized carbons (Fsp3) is 0.105. The Kier molecular flexibility index (Phi) is 4.99. The van der Waals surface area contributed by atoms with Crippen LogP contribution in [-0.4, -0.2) is 23.4 Å². The van der Waals surface area contributed by atoms with E-state index in [0.717, 1.165) is 5.56 Å². The number of carbonyl (C=O) groups excluding carboxylic acids is 2. The fourth-order valence-electron chi connectivity index (χ4n) is 2.28. The van der Waals surface area contributed by atoms with E-state index in [9.17, 15) is 14.0 Å². The Morgan fingerprint density at radius 1 is 1.04 bits per heavy atom. The second-order valence-electron chi connectivity index (χ2n) is 5.43. The number of hydrogen-bond acceptors (Lipinski definition) is 4. The largest absolute Gasteiger partial charge is 0.356 e. The van der Waals surface area contributed by atoms with Crippen molar-refractivity contribution >= 4 is 11.7 Å². The summed E-state index contributed by atoms with van der Waals surface area (Å²) in [6.45, 7) is -0.159. The average Bonchev–Trinajstić information content (AvgIpc) is 3.09. The number of hydrogen-bond donors (Lipinski definition) is 1. The van der Waals surface area contributed by atoms with Crippen molar-refractivity contribution in [3.05, 3.63) is 77.7 Å². The topological polar surface area (TPSA) is 72.2 Å². The molecular formula is C19H15FN2O3. The number of carbonyl (C=O) groups is 2. The van der Waals surface area contributed by atoms with E-state index in [1.54, 1.807) is 6.07 Å². The van der Waals surface area contributed by atoms with Crippen LogP contribution >= 0.6 is 0 Å². The lowest BCUT2D eigenvalue weighted by atomic mass is 10.1. The molecule has 25 heavy (non-hydrogen) atoms. The first-order valence-corrected chi connectivity index (χ1v) is 7.68. The van der Waals surface area contributed by atoms with E-state index in [0.29, 0.717) is 17.0 Å². The average molecular weight is 338 g/mol. The zero-order valence-corrected chi connectivity index (χ0v) is 13.2. The molecule has 5 nitrogen and oxygen atoms in total. The molecule has 1 N–H and O–H groups in total. The van der Waals surface area contributed by atoms with Crippen molar-refractivity contribution in [1.29, 1.82) is 0 Å². The molecule has 1 aromatic heterocycles. The summed E-state index contributed by atoms with van der Waals surface area (Å²) in [4.78, 5) is 23.9. The summed E-state index contributed by atoms with van der Waals surface area (Å²) < 4.78 is 18.1. The van der Waals surface area contributed by atoms with Gasteiger partial charge in [-0.05, 0) is 24.3 Å². The number of Topliss-reactive ketones (excluding diaryl/α,β-unsaturated/α-hetero) is 1. The lowest BCUT2D eigenvalue weighted by Crippen LogP contribution is -2.30. The standard InChI is InChI=1S/C19H15FN2O3/c20-15-8-6-13(7-9-15)17(23)12-21-19(24)11-16-10-18(25-22-16)14-4-2-1-3-5-14/h1-10H,11-12H2,(H,21,24). The molecule has 0 radical (unpaired) electrons. The molecule has 1 amide bonds. The van der Waals surface area contributed by atoms with E-state index in [1.165, 1.54) is 24.3 Å². The van der Waals surface area contributed by atoms with Crippen molar-refractivity contribution < 1.29 is 18.5 Å². The predicted molar refractivity (Wildman–Crippen MR) is 89.4 cm³/mol. The third-order valence-electron chi connectivity index (χ3n) is 3.57. The number of nitrogens with one attached hydrogen (secondary N) is 1. The van der Waals surface area contributed by atoms with E-state index in [1.807, 2.05) is 30.3 Å². The van der Waals surface area contributed by atoms with Gasteiger partial charge in [-0.2, -0.15) is 0 Å². The third-order valence-corrected chi connectivity index (χ3v) is 3.57. The molecule has 3 aromatic rings. The van der Waals surface area contributed by atoms with Gasteiger partial charge < -0.3 is 9.84 Å². The SMILES string of the molecule is O=C(Cc1cc(-c2ccccc2)on1)NCC(=O)c1ccc(F)cc1. The quantitative estimate of drug-likeness (QED) is 0.701. The molecule has 0 spiro atoms. The van der Waals surface area contributed by atoms with Crippen LogP contribution in [0, 0.1) is 5.82 Å². The molecule has 0 saturated heterocycles. The minimum Gasteiger partial charge on any atom is -0.356 e. The van der Waals surface area contributed by atoms with Crippen LogP contribution < -0.4 is 5.32 Å². The Balaban J connectivity index is 1.54. The first-order chi connectivity index (χ1) is 12.1. The smallest absolute Gasteiger partial charge is 0.226 e. The van der Waals surface area contributed by atoms with Crippen molar-refractivity contribution in [2.45, 2.75) is 6.42 Å². The van der Waals surface area contributed by atoms with Gasteiger partial charge >= 0.3 is 0 Å². The van der Waals surface area contributed by atoms with E-state index in [2.05, 4.69) is 10.5 Å². The van der Waals surface area contributed by atoms with Crippen molar-refractivity contribution in [1.82, 2.24) is 10.5 Å². The number of rotatable bonds is 6. The molecule has 0 aliphatic carbocycles. The van der Waals surface area contributed by atoms with Crippen LogP contribution in [-0.2, 0) is 11.2 Å². The molecular weight excluding hydrogens is 323 g/mol. The van der Waals surface area contributed by atoms with Crippen LogP contribution in [0.4, 0.5) is 4.39 Å². The normalized spacial score (nSPS) is 10.4. The Morgan fingerprint density at radius 2 is 1.76 bits per heavy atom. The molecule has 2 aromatic carbocycles. The molecule has 0 aliphatic rings. The van der Waals surface area contributed by atoms with Gasteiger partial charge in [0.15, 0.2) is 11.5 Å². The van der Waals surface area contributed by atoms with Crippen LogP contribution in [0.2, 0.25) is 0 Å². The van der Waals surface area contributed by atoms with Gasteiger partial charge in [0.05, 0.1) is 18.7 Å². The lowest BCUT2D eigenvalue weighted by Gasteiger charge is -2.03. The summed E-state index contributed by atoms with van der Waals surface area (Å²) in [5.74, 6) is -0.478. The van der Waals surface area contributed by atoms with Crippen LogP contribution in [0.15, 0.2) is 65.2 Å². The Bertz CT molecular complexity index is 873. The first kappa shape index (κ1) is 16.6. The van der Waals surface area contributed by atoms with Crippen molar-refractivity contribution in [3.63, 3.8) is 0 Å². The number of amides is 1. The molecule has 6 heteroatoms. The number of aromatic nitrogens is 1. The van der Waals surface area contributed by atoms with Crippen molar-refractivity contribution in [2.75, 3.05) is 6.54 Å². The summed E-state index contributed by atoms with van der Waals surface area (Å²) in [5, 5.41) is 6.39. The number of benzene rings is 2. The van der Waals surface area contributed by atoms with Gasteiger partial charge in [-0.25, -0.2) is 4.39 Å². The molecule has 0 unspecified atom stereocenters. The van der Waals surface area contributed by atoms with Gasteiger partial charge in [0, 0.05) is 17.2 Å². The van der Waals surface area contributed by atoms with E-state index < -0.39 is 5.82 Å². The highest BCUT2D eigenvalue weighted by Gasteiger charge is 2.12. The Labute approximate surface area is 143 Å². The van der Waals surface area contributed by atoms with E-state index in [4.69, 9.17) is 4.52 Å². The number of ketones is 1. The maximum Gasteiger partial charge on any atom is 0.226 e. The van der Waals surface area contributed by atoms with Crippen LogP contribution in [0.25, 0.3) is 11.3 Å². The Hall–Kier alpha value is -3.28. The second kappa shape index (κ2) is 7.53. The number of halogens is 1. The van der Waals surface area contributed by atoms with Gasteiger partial charge in [0.2, 0.25) is 5.91 Å². The fourth-order valence-corrected chi connectivity index (χ4v) is 2.28. The summed E-state index contributed by atoms with van der Waals surface area (Å²) in [6, 6.07) is 16.3. The molecule has 1 heterocycles. The van der Waals surface area contributed by atoms with Crippen LogP contribution in [0.3, 0.4) is 0 Å². The first-order valence-electron chi connectivity index (χ1n) is 7.68. The highest BCUT2D eigenvalue weighted by molar-refractivity contribution is 5.99. The van der Waals surface area contributed by atoms with Crippen LogP contribution in [0.5, 0.6) is 0 Å². The molecule has 0 atom stereocenters. The zero-order valence-electron chi connectivity index (χ0n) is 13.2. The molecule has 0 fully saturated rings. The highest BCUT2D eigenvalue weighted by Crippen LogP contribution is 2.19. The third kappa shape index (κ3) is 4.38. The van der Waals surface area contributed by atoms with Gasteiger partial charge in [-0.15, -0.1) is 0 Å². The molecule has 126 valence electrons. The summed E-state index contributed by atoms with van der Waals surface area (Å²) in [7, 11) is 0. The van der Waals surface area contributed by atoms with E-state index in [-0.39, 0.29) is 24.7 Å². The highest BCUT2D eigenvalue weighted by atomic mass is 19.1. The van der Waals surface area contributed by atoms with Crippen molar-refractivity contribution in [3.8, 4) is 11.3 Å². The summed E-state index contributed by atoms with van der Waals surface area (Å²) in [5.41, 5.74) is 1.69.